The number of nitrogens with one attached hydrogen (secondary N) is 1. The van der Waals surface area contributed by atoms with Crippen LogP contribution in [-0.2, 0) is 4.74 Å². The summed E-state index contributed by atoms with van der Waals surface area (Å²) in [6, 6.07) is 1.56. The van der Waals surface area contributed by atoms with Crippen molar-refractivity contribution in [1.29, 1.82) is 0 Å². The number of nitrogens with zero attached hydrogens (tertiary/aromatic N) is 1. The van der Waals surface area contributed by atoms with Gasteiger partial charge in [0.25, 0.3) is 0 Å². The minimum atomic E-state index is 0.362. The molecule has 0 radical (unpaired) electrons. The van der Waals surface area contributed by atoms with Crippen molar-refractivity contribution in [3.8, 4) is 0 Å². The van der Waals surface area contributed by atoms with Gasteiger partial charge in [0.05, 0.1) is 6.61 Å². The fourth-order valence-electron chi connectivity index (χ4n) is 3.58. The van der Waals surface area contributed by atoms with E-state index in [1.54, 1.807) is 0 Å². The molecule has 0 aromatic heterocycles. The molecule has 2 heterocycles. The first-order valence-electron chi connectivity index (χ1n) is 7.19. The topological polar surface area (TPSA) is 24.5 Å². The second kappa shape index (κ2) is 5.68. The Kier molecular flexibility index (Phi) is 4.45. The molecule has 0 spiro atoms. The van der Waals surface area contributed by atoms with Gasteiger partial charge in [0, 0.05) is 37.2 Å². The van der Waals surface area contributed by atoms with Crippen molar-refractivity contribution in [1.82, 2.24) is 10.2 Å². The van der Waals surface area contributed by atoms with Gasteiger partial charge in [0.15, 0.2) is 0 Å². The van der Waals surface area contributed by atoms with Crippen LogP contribution in [0.25, 0.3) is 0 Å². The van der Waals surface area contributed by atoms with Crippen LogP contribution in [-0.4, -0.2) is 50.3 Å². The fourth-order valence-corrected chi connectivity index (χ4v) is 3.58. The van der Waals surface area contributed by atoms with E-state index in [0.29, 0.717) is 5.41 Å². The van der Waals surface area contributed by atoms with Gasteiger partial charge < -0.3 is 10.1 Å². The molecule has 2 rings (SSSR count). The largest absolute Gasteiger partial charge is 0.381 e. The molecular formula is C14H28N2O. The number of hydrogen-bond donors (Lipinski definition) is 1. The first kappa shape index (κ1) is 13.3. The summed E-state index contributed by atoms with van der Waals surface area (Å²) < 4.78 is 5.66. The van der Waals surface area contributed by atoms with Crippen LogP contribution in [0.1, 0.15) is 39.5 Å². The Morgan fingerprint density at radius 1 is 1.41 bits per heavy atom. The summed E-state index contributed by atoms with van der Waals surface area (Å²) in [5, 5.41) is 3.37. The monoisotopic (exact) mass is 240 g/mol. The molecule has 0 aromatic carbocycles. The van der Waals surface area contributed by atoms with Gasteiger partial charge in [-0.15, -0.1) is 0 Å². The minimum Gasteiger partial charge on any atom is -0.381 e. The lowest BCUT2D eigenvalue weighted by Crippen LogP contribution is -2.47. The van der Waals surface area contributed by atoms with Crippen molar-refractivity contribution >= 4 is 0 Å². The molecule has 0 amide bonds. The predicted molar refractivity (Wildman–Crippen MR) is 71.3 cm³/mol. The highest BCUT2D eigenvalue weighted by Gasteiger charge is 2.40. The molecule has 100 valence electrons. The molecule has 0 aliphatic carbocycles. The van der Waals surface area contributed by atoms with E-state index >= 15 is 0 Å². The molecule has 17 heavy (non-hydrogen) atoms. The van der Waals surface area contributed by atoms with Crippen molar-refractivity contribution in [2.75, 3.05) is 33.4 Å². The zero-order valence-electron chi connectivity index (χ0n) is 11.7. The SMILES string of the molecule is CCC1CCC(C)N1CC1(CNC)CCOC1. The molecule has 2 aliphatic rings. The van der Waals surface area contributed by atoms with E-state index in [9.17, 15) is 0 Å². The molecule has 2 saturated heterocycles. The van der Waals surface area contributed by atoms with E-state index in [-0.39, 0.29) is 0 Å². The summed E-state index contributed by atoms with van der Waals surface area (Å²) in [6.07, 6.45) is 5.26. The Morgan fingerprint density at radius 2 is 2.24 bits per heavy atom. The molecule has 3 heteroatoms. The molecule has 0 bridgehead atoms. The highest BCUT2D eigenvalue weighted by atomic mass is 16.5. The van der Waals surface area contributed by atoms with Gasteiger partial charge in [-0.2, -0.15) is 0 Å². The van der Waals surface area contributed by atoms with Crippen molar-refractivity contribution in [2.24, 2.45) is 5.41 Å². The molecule has 1 N–H and O–H groups in total. The first-order chi connectivity index (χ1) is 8.21. The van der Waals surface area contributed by atoms with E-state index in [2.05, 4.69) is 31.1 Å². The van der Waals surface area contributed by atoms with Crippen molar-refractivity contribution in [3.63, 3.8) is 0 Å². The van der Waals surface area contributed by atoms with E-state index in [1.165, 1.54) is 32.2 Å². The second-order valence-electron chi connectivity index (χ2n) is 5.99. The van der Waals surface area contributed by atoms with E-state index in [1.807, 2.05) is 0 Å². The van der Waals surface area contributed by atoms with Gasteiger partial charge in [0.1, 0.15) is 0 Å². The maximum atomic E-state index is 5.66. The standard InChI is InChI=1S/C14H28N2O/c1-4-13-6-5-12(2)16(13)10-14(9-15-3)7-8-17-11-14/h12-13,15H,4-11H2,1-3H3. The number of likely N-dealkylation sites (tertiary alicyclic amines) is 1. The number of ether oxygens (including phenoxy) is 1. The lowest BCUT2D eigenvalue weighted by atomic mass is 9.86. The van der Waals surface area contributed by atoms with Crippen LogP contribution in [0.4, 0.5) is 0 Å². The van der Waals surface area contributed by atoms with Crippen LogP contribution >= 0.6 is 0 Å². The molecule has 2 fully saturated rings. The lowest BCUT2D eigenvalue weighted by molar-refractivity contribution is 0.0852. The molecule has 0 saturated carbocycles. The molecule has 3 atom stereocenters. The third-order valence-corrected chi connectivity index (χ3v) is 4.68. The Balaban J connectivity index is 2.01. The van der Waals surface area contributed by atoms with Gasteiger partial charge in [-0.05, 0) is 39.7 Å². The molecule has 2 aliphatic heterocycles. The third kappa shape index (κ3) is 2.83. The smallest absolute Gasteiger partial charge is 0.0547 e. The van der Waals surface area contributed by atoms with Crippen LogP contribution in [0.15, 0.2) is 0 Å². The van der Waals surface area contributed by atoms with Crippen LogP contribution in [0.2, 0.25) is 0 Å². The third-order valence-electron chi connectivity index (χ3n) is 4.68. The van der Waals surface area contributed by atoms with Crippen LogP contribution in [0.3, 0.4) is 0 Å². The van der Waals surface area contributed by atoms with Gasteiger partial charge in [-0.25, -0.2) is 0 Å². The van der Waals surface area contributed by atoms with Gasteiger partial charge >= 0.3 is 0 Å². The molecule has 3 nitrogen and oxygen atoms in total. The summed E-state index contributed by atoms with van der Waals surface area (Å²) in [4.78, 5) is 2.74. The Morgan fingerprint density at radius 3 is 2.82 bits per heavy atom. The van der Waals surface area contributed by atoms with E-state index < -0.39 is 0 Å². The average molecular weight is 240 g/mol. The first-order valence-corrected chi connectivity index (χ1v) is 7.19. The second-order valence-corrected chi connectivity index (χ2v) is 5.99. The maximum absolute atomic E-state index is 5.66. The summed E-state index contributed by atoms with van der Waals surface area (Å²) in [5.41, 5.74) is 0.362. The minimum absolute atomic E-state index is 0.362. The van der Waals surface area contributed by atoms with Crippen molar-refractivity contribution in [3.05, 3.63) is 0 Å². The van der Waals surface area contributed by atoms with Crippen molar-refractivity contribution < 1.29 is 4.74 Å². The average Bonchev–Trinajstić information content (AvgIpc) is 2.89. The van der Waals surface area contributed by atoms with E-state index in [4.69, 9.17) is 4.74 Å². The Bertz CT molecular complexity index is 238. The zero-order chi connectivity index (χ0) is 12.3. The summed E-state index contributed by atoms with van der Waals surface area (Å²) in [6.45, 7) is 8.90. The number of rotatable bonds is 5. The van der Waals surface area contributed by atoms with Crippen LogP contribution in [0.5, 0.6) is 0 Å². The maximum Gasteiger partial charge on any atom is 0.0547 e. The van der Waals surface area contributed by atoms with Gasteiger partial charge in [-0.3, -0.25) is 4.90 Å². The molecular weight excluding hydrogens is 212 g/mol. The fraction of sp³-hybridized carbons (Fsp3) is 1.00. The summed E-state index contributed by atoms with van der Waals surface area (Å²) >= 11 is 0. The lowest BCUT2D eigenvalue weighted by Gasteiger charge is -2.37. The van der Waals surface area contributed by atoms with Crippen molar-refractivity contribution in [2.45, 2.75) is 51.6 Å². The highest BCUT2D eigenvalue weighted by molar-refractivity contribution is 4.93. The predicted octanol–water partition coefficient (Wildman–Crippen LogP) is 1.88. The quantitative estimate of drug-likeness (QED) is 0.794. The number of hydrogen-bond acceptors (Lipinski definition) is 3. The Labute approximate surface area is 106 Å². The van der Waals surface area contributed by atoms with E-state index in [0.717, 1.165) is 31.8 Å². The molecule has 0 aromatic rings. The highest BCUT2D eigenvalue weighted by Crippen LogP contribution is 2.34. The summed E-state index contributed by atoms with van der Waals surface area (Å²) in [7, 11) is 2.06. The van der Waals surface area contributed by atoms with Crippen LogP contribution in [0, 0.1) is 5.41 Å². The Hall–Kier alpha value is -0.120. The van der Waals surface area contributed by atoms with Crippen LogP contribution < -0.4 is 5.32 Å². The molecule has 3 unspecified atom stereocenters. The van der Waals surface area contributed by atoms with Gasteiger partial charge in [0.2, 0.25) is 0 Å². The van der Waals surface area contributed by atoms with Gasteiger partial charge in [-0.1, -0.05) is 6.92 Å². The normalized spacial score (nSPS) is 39.0. The zero-order valence-corrected chi connectivity index (χ0v) is 11.7. The summed E-state index contributed by atoms with van der Waals surface area (Å²) in [5.74, 6) is 0.